The number of rotatable bonds is 8. The number of ether oxygens (including phenoxy) is 1. The van der Waals surface area contributed by atoms with Crippen LogP contribution in [-0.4, -0.2) is 47.3 Å². The van der Waals surface area contributed by atoms with Crippen molar-refractivity contribution < 1.29 is 39.7 Å². The topological polar surface area (TPSA) is 78.9 Å². The average Bonchev–Trinajstić information content (AvgIpc) is 2.55. The molecule has 0 aliphatic heterocycles. The fraction of sp³-hybridized carbons (Fsp3) is 0.682. The molecule has 0 radical (unpaired) electrons. The molecule has 0 N–H and O–H groups in total. The third kappa shape index (κ3) is 9.38. The first-order chi connectivity index (χ1) is 14.5. The van der Waals surface area contributed by atoms with E-state index in [2.05, 4.69) is 0 Å². The van der Waals surface area contributed by atoms with Crippen molar-refractivity contribution in [1.82, 2.24) is 0 Å². The van der Waals surface area contributed by atoms with E-state index >= 15 is 0 Å². The Hall–Kier alpha value is -1.43. The van der Waals surface area contributed by atoms with Crippen molar-refractivity contribution in [3.63, 3.8) is 0 Å². The van der Waals surface area contributed by atoms with Gasteiger partial charge in [-0.05, 0) is 56.6 Å². The smallest absolute Gasteiger partial charge is 0.416 e. The van der Waals surface area contributed by atoms with Crippen LogP contribution in [0.3, 0.4) is 0 Å². The van der Waals surface area contributed by atoms with Crippen LogP contribution in [0.25, 0.3) is 0 Å². The molecule has 0 aliphatic carbocycles. The fourth-order valence-corrected chi connectivity index (χ4v) is 4.29. The molecule has 1 aromatic carbocycles. The molecule has 190 valence electrons. The summed E-state index contributed by atoms with van der Waals surface area (Å²) in [6, 6.07) is 3.92. The van der Waals surface area contributed by atoms with Crippen molar-refractivity contribution in [3.8, 4) is 0 Å². The molecule has 0 spiro atoms. The van der Waals surface area contributed by atoms with Crippen molar-refractivity contribution in [2.45, 2.75) is 83.5 Å². The van der Waals surface area contributed by atoms with E-state index < -0.39 is 53.8 Å². The Morgan fingerprint density at radius 2 is 1.48 bits per heavy atom. The van der Waals surface area contributed by atoms with Crippen molar-refractivity contribution in [3.05, 3.63) is 35.4 Å². The summed E-state index contributed by atoms with van der Waals surface area (Å²) in [6.07, 6.45) is -5.06. The Labute approximate surface area is 196 Å². The highest BCUT2D eigenvalue weighted by molar-refractivity contribution is 7.86. The van der Waals surface area contributed by atoms with Gasteiger partial charge in [-0.3, -0.25) is 8.98 Å². The van der Waals surface area contributed by atoms with Gasteiger partial charge < -0.3 is 9.16 Å². The van der Waals surface area contributed by atoms with Crippen LogP contribution in [-0.2, 0) is 34.4 Å². The quantitative estimate of drug-likeness (QED) is 0.260. The average molecular weight is 513 g/mol. The number of benzene rings is 1. The largest absolute Gasteiger partial charge is 0.459 e. The molecule has 11 heteroatoms. The molecule has 1 aromatic rings. The van der Waals surface area contributed by atoms with Gasteiger partial charge >= 0.3 is 12.1 Å². The predicted octanol–water partition coefficient (Wildman–Crippen LogP) is 5.50. The van der Waals surface area contributed by atoms with Gasteiger partial charge in [0, 0.05) is 0 Å². The van der Waals surface area contributed by atoms with E-state index in [1.54, 1.807) is 20.8 Å². The zero-order chi connectivity index (χ0) is 26.0. The minimum Gasteiger partial charge on any atom is -0.459 e. The second-order valence-corrected chi connectivity index (χ2v) is 17.0. The molecule has 0 heterocycles. The highest BCUT2D eigenvalue weighted by Crippen LogP contribution is 2.38. The van der Waals surface area contributed by atoms with E-state index in [1.807, 2.05) is 33.9 Å². The van der Waals surface area contributed by atoms with E-state index in [0.29, 0.717) is 0 Å². The van der Waals surface area contributed by atoms with E-state index in [0.717, 1.165) is 30.5 Å². The first-order valence-corrected chi connectivity index (χ1v) is 15.2. The first kappa shape index (κ1) is 29.6. The summed E-state index contributed by atoms with van der Waals surface area (Å²) in [7, 11) is -6.42. The van der Waals surface area contributed by atoms with Gasteiger partial charge in [0.15, 0.2) is 8.32 Å². The van der Waals surface area contributed by atoms with Crippen LogP contribution in [0, 0.1) is 0 Å². The molecule has 0 saturated heterocycles. The minimum absolute atomic E-state index is 0.129. The summed E-state index contributed by atoms with van der Waals surface area (Å²) in [4.78, 5) is 13.1. The first-order valence-electron chi connectivity index (χ1n) is 10.5. The Balaban J connectivity index is 3.50. The van der Waals surface area contributed by atoms with Gasteiger partial charge in [0.25, 0.3) is 10.1 Å². The number of hydrogen-bond acceptors (Lipinski definition) is 6. The zero-order valence-electron chi connectivity index (χ0n) is 20.7. The number of esters is 1. The molecule has 2 atom stereocenters. The van der Waals surface area contributed by atoms with Gasteiger partial charge in [-0.15, -0.1) is 0 Å². The molecular formula is C22H35F3O6SSi. The van der Waals surface area contributed by atoms with E-state index in [4.69, 9.17) is 13.3 Å². The van der Waals surface area contributed by atoms with Gasteiger partial charge in [0.1, 0.15) is 17.6 Å². The fourth-order valence-electron chi connectivity index (χ4n) is 2.66. The molecule has 33 heavy (non-hydrogen) atoms. The SMILES string of the molecule is CC(C)(C)OC(=O)[C@H](c1ccc(C(F)(F)F)cc1)[C@H](CO[Si](C)(C)C(C)(C)C)OS(C)(=O)=O. The van der Waals surface area contributed by atoms with Crippen LogP contribution < -0.4 is 0 Å². The number of carbonyl (C=O) groups excluding carboxylic acids is 1. The number of hydrogen-bond donors (Lipinski definition) is 0. The van der Waals surface area contributed by atoms with Crippen LogP contribution >= 0.6 is 0 Å². The monoisotopic (exact) mass is 512 g/mol. The van der Waals surface area contributed by atoms with Gasteiger partial charge in [0.05, 0.1) is 18.4 Å². The summed E-state index contributed by atoms with van der Waals surface area (Å²) in [5, 5.41) is -0.210. The van der Waals surface area contributed by atoms with Crippen LogP contribution in [0.15, 0.2) is 24.3 Å². The minimum atomic E-state index is -4.56. The highest BCUT2D eigenvalue weighted by atomic mass is 32.2. The molecule has 0 amide bonds. The lowest BCUT2D eigenvalue weighted by atomic mass is 9.92. The number of halogens is 3. The summed E-state index contributed by atoms with van der Waals surface area (Å²) < 4.78 is 80.0. The molecule has 0 aromatic heterocycles. The summed E-state index contributed by atoms with van der Waals surface area (Å²) in [5.74, 6) is -2.15. The normalized spacial score (nSPS) is 15.8. The molecule has 0 unspecified atom stereocenters. The third-order valence-electron chi connectivity index (χ3n) is 5.34. The van der Waals surface area contributed by atoms with Gasteiger partial charge in [0.2, 0.25) is 0 Å². The number of carbonyl (C=O) groups is 1. The van der Waals surface area contributed by atoms with Gasteiger partial charge in [-0.25, -0.2) is 0 Å². The Kier molecular flexibility index (Phi) is 9.01. The molecule has 0 saturated carbocycles. The maximum absolute atomic E-state index is 13.1. The van der Waals surface area contributed by atoms with Crippen molar-refractivity contribution >= 4 is 24.4 Å². The molecule has 0 bridgehead atoms. The van der Waals surface area contributed by atoms with Crippen LogP contribution in [0.4, 0.5) is 13.2 Å². The van der Waals surface area contributed by atoms with Gasteiger partial charge in [-0.2, -0.15) is 21.6 Å². The molecule has 1 rings (SSSR count). The Morgan fingerprint density at radius 1 is 1.00 bits per heavy atom. The molecular weight excluding hydrogens is 477 g/mol. The third-order valence-corrected chi connectivity index (χ3v) is 10.4. The predicted molar refractivity (Wildman–Crippen MR) is 123 cm³/mol. The molecule has 0 fully saturated rings. The lowest BCUT2D eigenvalue weighted by Gasteiger charge is -2.38. The number of alkyl halides is 3. The Bertz CT molecular complexity index is 913. The molecule has 0 aliphatic rings. The molecule has 6 nitrogen and oxygen atoms in total. The zero-order valence-corrected chi connectivity index (χ0v) is 22.5. The lowest BCUT2D eigenvalue weighted by Crippen LogP contribution is -2.45. The maximum Gasteiger partial charge on any atom is 0.416 e. The van der Waals surface area contributed by atoms with E-state index in [9.17, 15) is 26.4 Å². The van der Waals surface area contributed by atoms with Crippen LogP contribution in [0.5, 0.6) is 0 Å². The van der Waals surface area contributed by atoms with E-state index in [1.165, 1.54) is 0 Å². The van der Waals surface area contributed by atoms with Crippen LogP contribution in [0.2, 0.25) is 18.1 Å². The van der Waals surface area contributed by atoms with Crippen molar-refractivity contribution in [1.29, 1.82) is 0 Å². The maximum atomic E-state index is 13.1. The Morgan fingerprint density at radius 3 is 1.85 bits per heavy atom. The van der Waals surface area contributed by atoms with Gasteiger partial charge in [-0.1, -0.05) is 32.9 Å². The van der Waals surface area contributed by atoms with Crippen molar-refractivity contribution in [2.75, 3.05) is 12.9 Å². The second-order valence-electron chi connectivity index (χ2n) is 10.5. The van der Waals surface area contributed by atoms with Crippen LogP contribution in [0.1, 0.15) is 58.6 Å². The van der Waals surface area contributed by atoms with Crippen molar-refractivity contribution in [2.24, 2.45) is 0 Å². The second kappa shape index (κ2) is 10.0. The van der Waals surface area contributed by atoms with E-state index in [-0.39, 0.29) is 17.2 Å². The summed E-state index contributed by atoms with van der Waals surface area (Å²) in [5.41, 5.74) is -1.69. The lowest BCUT2D eigenvalue weighted by molar-refractivity contribution is -0.159. The summed E-state index contributed by atoms with van der Waals surface area (Å²) >= 11 is 0. The summed E-state index contributed by atoms with van der Waals surface area (Å²) in [6.45, 7) is 14.5. The standard InChI is InChI=1S/C22H35F3O6SSi/c1-20(2,3)30-19(26)18(15-10-12-16(13-11-15)22(23,24)25)17(31-32(7,27)28)14-29-33(8,9)21(4,5)6/h10-13,17-18H,14H2,1-9H3/t17-,18+/m0/s1. The highest BCUT2D eigenvalue weighted by Gasteiger charge is 2.42.